The number of hydrogen-bond donors (Lipinski definition) is 1. The Balaban J connectivity index is 2.57. The second-order valence-electron chi connectivity index (χ2n) is 2.45. The number of aromatic nitrogens is 2. The Hall–Kier alpha value is -1.15. The molecule has 0 atom stereocenters. The largest absolute Gasteiger partial charge is 0.384 e. The average Bonchev–Trinajstić information content (AvgIpc) is 2.59. The molecule has 5 heteroatoms. The molecule has 0 amide bonds. The minimum atomic E-state index is -0.145. The molecule has 0 aromatic carbocycles. The molecule has 70 valence electrons. The van der Waals surface area contributed by atoms with Crippen molar-refractivity contribution in [2.75, 3.05) is 6.61 Å². The highest BCUT2D eigenvalue weighted by Crippen LogP contribution is 2.27. The molecule has 2 aromatic heterocycles. The number of thiophene rings is 1. The molecule has 2 rings (SSSR count). The monoisotopic (exact) mass is 224 g/mol. The summed E-state index contributed by atoms with van der Waals surface area (Å²) >= 11 is 7.29. The Labute approximate surface area is 89.4 Å². The topological polar surface area (TPSA) is 46.0 Å². The van der Waals surface area contributed by atoms with Gasteiger partial charge in [0.1, 0.15) is 18.1 Å². The van der Waals surface area contributed by atoms with Crippen LogP contribution in [0.5, 0.6) is 0 Å². The third kappa shape index (κ3) is 1.70. The first-order valence-electron chi connectivity index (χ1n) is 3.81. The van der Waals surface area contributed by atoms with Gasteiger partial charge in [-0.1, -0.05) is 23.4 Å². The minimum Gasteiger partial charge on any atom is -0.384 e. The summed E-state index contributed by atoms with van der Waals surface area (Å²) < 4.78 is 0.830. The molecule has 0 spiro atoms. The predicted molar refractivity (Wildman–Crippen MR) is 56.4 cm³/mol. The van der Waals surface area contributed by atoms with Crippen LogP contribution >= 0.6 is 22.9 Å². The van der Waals surface area contributed by atoms with E-state index < -0.39 is 0 Å². The maximum atomic E-state index is 8.53. The van der Waals surface area contributed by atoms with Crippen molar-refractivity contribution in [1.82, 2.24) is 9.97 Å². The smallest absolute Gasteiger partial charge is 0.150 e. The van der Waals surface area contributed by atoms with E-state index in [4.69, 9.17) is 16.7 Å². The number of halogens is 1. The van der Waals surface area contributed by atoms with Crippen molar-refractivity contribution >= 4 is 33.2 Å². The molecule has 2 heterocycles. The molecule has 0 fully saturated rings. The lowest BCUT2D eigenvalue weighted by atomic mass is 10.4. The Morgan fingerprint density at radius 3 is 3.07 bits per heavy atom. The maximum absolute atomic E-state index is 8.53. The second-order valence-corrected chi connectivity index (χ2v) is 3.86. The lowest BCUT2D eigenvalue weighted by Gasteiger charge is -1.87. The van der Waals surface area contributed by atoms with Gasteiger partial charge in [-0.05, 0) is 6.07 Å². The maximum Gasteiger partial charge on any atom is 0.150 e. The third-order valence-corrected chi connectivity index (χ3v) is 3.00. The van der Waals surface area contributed by atoms with Crippen LogP contribution < -0.4 is 0 Å². The molecule has 14 heavy (non-hydrogen) atoms. The average molecular weight is 225 g/mol. The van der Waals surface area contributed by atoms with Gasteiger partial charge in [0, 0.05) is 0 Å². The van der Waals surface area contributed by atoms with Crippen molar-refractivity contribution in [2.45, 2.75) is 0 Å². The van der Waals surface area contributed by atoms with Gasteiger partial charge in [-0.2, -0.15) is 0 Å². The van der Waals surface area contributed by atoms with Crippen molar-refractivity contribution in [2.24, 2.45) is 0 Å². The molecule has 0 aliphatic carbocycles. The van der Waals surface area contributed by atoms with Crippen LogP contribution in [0.4, 0.5) is 0 Å². The molecular formula is C9H5ClN2OS. The molecule has 2 aromatic rings. The lowest BCUT2D eigenvalue weighted by Crippen LogP contribution is -1.76. The Morgan fingerprint density at radius 2 is 2.36 bits per heavy atom. The molecule has 0 aliphatic heterocycles. The van der Waals surface area contributed by atoms with E-state index in [1.807, 2.05) is 6.07 Å². The molecule has 0 radical (unpaired) electrons. The number of rotatable bonds is 0. The quantitative estimate of drug-likeness (QED) is 0.547. The molecule has 1 N–H and O–H groups in total. The number of hydrogen-bond acceptors (Lipinski definition) is 4. The van der Waals surface area contributed by atoms with Crippen LogP contribution in [0.15, 0.2) is 12.4 Å². The normalized spacial score (nSPS) is 9.86. The molecule has 0 saturated heterocycles. The minimum absolute atomic E-state index is 0.145. The second kappa shape index (κ2) is 3.93. The molecule has 0 bridgehead atoms. The van der Waals surface area contributed by atoms with Crippen molar-refractivity contribution in [3.63, 3.8) is 0 Å². The van der Waals surface area contributed by atoms with E-state index >= 15 is 0 Å². The van der Waals surface area contributed by atoms with Crippen LogP contribution in [0.3, 0.4) is 0 Å². The van der Waals surface area contributed by atoms with Crippen molar-refractivity contribution < 1.29 is 5.11 Å². The standard InChI is InChI=1S/C9H5ClN2OS/c10-9-8-7(11-5-12-9)4-6(14-8)2-1-3-13/h4-5,13H,3H2. The number of fused-ring (bicyclic) bond motifs is 1. The zero-order valence-electron chi connectivity index (χ0n) is 6.99. The summed E-state index contributed by atoms with van der Waals surface area (Å²) in [4.78, 5) is 8.75. The van der Waals surface area contributed by atoms with E-state index in [9.17, 15) is 0 Å². The fourth-order valence-corrected chi connectivity index (χ4v) is 2.14. The summed E-state index contributed by atoms with van der Waals surface area (Å²) in [5.41, 5.74) is 0.789. The van der Waals surface area contributed by atoms with Crippen molar-refractivity contribution in [3.05, 3.63) is 22.4 Å². The van der Waals surface area contributed by atoms with Gasteiger partial charge in [0.25, 0.3) is 0 Å². The van der Waals surface area contributed by atoms with Crippen LogP contribution in [0.1, 0.15) is 4.88 Å². The van der Waals surface area contributed by atoms with Gasteiger partial charge >= 0.3 is 0 Å². The van der Waals surface area contributed by atoms with Gasteiger partial charge in [-0.3, -0.25) is 0 Å². The summed E-state index contributed by atoms with van der Waals surface area (Å²) in [5.74, 6) is 5.37. The molecule has 0 unspecified atom stereocenters. The Kier molecular flexibility index (Phi) is 2.64. The SMILES string of the molecule is OCC#Cc1cc2ncnc(Cl)c2s1. The summed E-state index contributed by atoms with van der Waals surface area (Å²) in [5, 5.41) is 8.98. The lowest BCUT2D eigenvalue weighted by molar-refractivity contribution is 0.350. The van der Waals surface area contributed by atoms with Gasteiger partial charge in [-0.25, -0.2) is 9.97 Å². The summed E-state index contributed by atoms with van der Waals surface area (Å²) in [6.45, 7) is -0.145. The first-order chi connectivity index (χ1) is 6.81. The van der Waals surface area contributed by atoms with Gasteiger partial charge in [-0.15, -0.1) is 11.3 Å². The van der Waals surface area contributed by atoms with Gasteiger partial charge in [0.15, 0.2) is 0 Å². The zero-order valence-corrected chi connectivity index (χ0v) is 8.56. The summed E-state index contributed by atoms with van der Waals surface area (Å²) in [6.07, 6.45) is 1.42. The molecule has 0 aliphatic rings. The molecule has 0 saturated carbocycles. The highest BCUT2D eigenvalue weighted by atomic mass is 35.5. The van der Waals surface area contributed by atoms with Crippen molar-refractivity contribution in [3.8, 4) is 11.8 Å². The highest BCUT2D eigenvalue weighted by Gasteiger charge is 2.04. The van der Waals surface area contributed by atoms with E-state index in [2.05, 4.69) is 21.8 Å². The van der Waals surface area contributed by atoms with E-state index in [0.29, 0.717) is 5.15 Å². The van der Waals surface area contributed by atoms with Gasteiger partial charge in [0.2, 0.25) is 0 Å². The Bertz CT molecular complexity index is 526. The fraction of sp³-hybridized carbons (Fsp3) is 0.111. The van der Waals surface area contributed by atoms with Crippen LogP contribution in [-0.2, 0) is 0 Å². The van der Waals surface area contributed by atoms with E-state index in [0.717, 1.165) is 15.1 Å². The van der Waals surface area contributed by atoms with Crippen LogP contribution in [-0.4, -0.2) is 21.7 Å². The van der Waals surface area contributed by atoms with E-state index in [1.165, 1.54) is 17.7 Å². The summed E-state index contributed by atoms with van der Waals surface area (Å²) in [7, 11) is 0. The highest BCUT2D eigenvalue weighted by molar-refractivity contribution is 7.20. The first kappa shape index (κ1) is 9.41. The molecule has 3 nitrogen and oxygen atoms in total. The number of aliphatic hydroxyl groups excluding tert-OH is 1. The van der Waals surface area contributed by atoms with Crippen molar-refractivity contribution in [1.29, 1.82) is 0 Å². The van der Waals surface area contributed by atoms with Gasteiger partial charge < -0.3 is 5.11 Å². The fourth-order valence-electron chi connectivity index (χ4n) is 1.01. The van der Waals surface area contributed by atoms with Crippen LogP contribution in [0.25, 0.3) is 10.2 Å². The van der Waals surface area contributed by atoms with Crippen LogP contribution in [0, 0.1) is 11.8 Å². The van der Waals surface area contributed by atoms with Gasteiger partial charge in [0.05, 0.1) is 15.1 Å². The molecular weight excluding hydrogens is 220 g/mol. The van der Waals surface area contributed by atoms with E-state index in [-0.39, 0.29) is 6.61 Å². The van der Waals surface area contributed by atoms with E-state index in [1.54, 1.807) is 0 Å². The number of aliphatic hydroxyl groups is 1. The first-order valence-corrected chi connectivity index (χ1v) is 5.00. The zero-order chi connectivity index (χ0) is 9.97. The number of nitrogens with zero attached hydrogens (tertiary/aromatic N) is 2. The Morgan fingerprint density at radius 1 is 1.50 bits per heavy atom. The van der Waals surface area contributed by atoms with Crippen LogP contribution in [0.2, 0.25) is 5.15 Å². The predicted octanol–water partition coefficient (Wildman–Crippen LogP) is 1.69. The third-order valence-electron chi connectivity index (χ3n) is 1.56. The summed E-state index contributed by atoms with van der Waals surface area (Å²) in [6, 6.07) is 1.83.